The molecule has 5 N–H and O–H groups in total. The second kappa shape index (κ2) is 8.46. The summed E-state index contributed by atoms with van der Waals surface area (Å²) >= 11 is 0. The second-order valence-electron chi connectivity index (χ2n) is 10.4. The zero-order chi connectivity index (χ0) is 24.3. The van der Waals surface area contributed by atoms with Crippen molar-refractivity contribution >= 4 is 5.91 Å². The third-order valence-corrected chi connectivity index (χ3v) is 8.20. The number of aromatic hydroxyl groups is 1. The van der Waals surface area contributed by atoms with Crippen molar-refractivity contribution in [3.05, 3.63) is 76.9 Å². The number of aromatic nitrogens is 3. The van der Waals surface area contributed by atoms with Crippen LogP contribution in [0, 0.1) is 19.8 Å². The number of aryl methyl sites for hydroxylation is 1. The van der Waals surface area contributed by atoms with E-state index in [0.717, 1.165) is 47.2 Å². The molecule has 6 atom stereocenters. The van der Waals surface area contributed by atoms with Gasteiger partial charge in [0, 0.05) is 42.5 Å². The fourth-order valence-electron chi connectivity index (χ4n) is 6.21. The molecule has 1 aromatic carbocycles. The zero-order valence-corrected chi connectivity index (χ0v) is 20.1. The number of hydrogen-bond donors (Lipinski definition) is 4. The molecule has 2 aliphatic carbocycles. The minimum absolute atomic E-state index is 0.00124. The Labute approximate surface area is 204 Å². The Morgan fingerprint density at radius 2 is 1.86 bits per heavy atom. The van der Waals surface area contributed by atoms with Crippen LogP contribution in [-0.2, 0) is 4.79 Å². The monoisotopic (exact) mass is 472 g/mol. The van der Waals surface area contributed by atoms with E-state index >= 15 is 0 Å². The molecular formula is C27H32N6O2. The third-order valence-electron chi connectivity index (χ3n) is 8.20. The normalized spacial score (nSPS) is 30.5. The number of nitrogens with one attached hydrogen (secondary N) is 2. The molecule has 35 heavy (non-hydrogen) atoms. The summed E-state index contributed by atoms with van der Waals surface area (Å²) in [5.74, 6) is -0.289. The molecule has 0 spiro atoms. The lowest BCUT2D eigenvalue weighted by Crippen LogP contribution is -2.66. The number of amides is 1. The summed E-state index contributed by atoms with van der Waals surface area (Å²) in [6.07, 6.45) is 8.31. The maximum atomic E-state index is 13.6. The van der Waals surface area contributed by atoms with Gasteiger partial charge in [-0.05, 0) is 79.6 Å². The molecule has 3 heterocycles. The van der Waals surface area contributed by atoms with Gasteiger partial charge in [-0.2, -0.15) is 5.10 Å². The van der Waals surface area contributed by atoms with E-state index in [4.69, 9.17) is 10.8 Å². The fraction of sp³-hybridized carbons (Fsp3) is 0.444. The lowest BCUT2D eigenvalue weighted by Gasteiger charge is -2.50. The largest absolute Gasteiger partial charge is 0.508 e. The highest BCUT2D eigenvalue weighted by Gasteiger charge is 2.52. The van der Waals surface area contributed by atoms with Crippen molar-refractivity contribution in [2.75, 3.05) is 0 Å². The van der Waals surface area contributed by atoms with Gasteiger partial charge in [0.25, 0.3) is 0 Å². The Kier molecular flexibility index (Phi) is 5.38. The molecule has 2 aromatic heterocycles. The second-order valence-corrected chi connectivity index (χ2v) is 10.4. The first-order valence-electron chi connectivity index (χ1n) is 12.5. The summed E-state index contributed by atoms with van der Waals surface area (Å²) in [7, 11) is 0. The first-order chi connectivity index (χ1) is 16.9. The lowest BCUT2D eigenvalue weighted by atomic mass is 9.63. The Morgan fingerprint density at radius 1 is 1.09 bits per heavy atom. The molecule has 1 saturated heterocycles. The maximum absolute atomic E-state index is 13.6. The number of pyridine rings is 1. The molecule has 3 aliphatic rings. The van der Waals surface area contributed by atoms with E-state index < -0.39 is 12.0 Å². The van der Waals surface area contributed by atoms with E-state index in [1.54, 1.807) is 18.5 Å². The quantitative estimate of drug-likeness (QED) is 0.464. The van der Waals surface area contributed by atoms with Gasteiger partial charge in [-0.15, -0.1) is 0 Å². The predicted octanol–water partition coefficient (Wildman–Crippen LogP) is 2.94. The maximum Gasteiger partial charge on any atom is 0.227 e. The highest BCUT2D eigenvalue weighted by Crippen LogP contribution is 2.48. The molecule has 8 heteroatoms. The molecule has 2 saturated carbocycles. The van der Waals surface area contributed by atoms with Crippen LogP contribution >= 0.6 is 0 Å². The van der Waals surface area contributed by atoms with Crippen molar-refractivity contribution in [2.24, 2.45) is 11.7 Å². The number of benzene rings is 1. The predicted molar refractivity (Wildman–Crippen MR) is 132 cm³/mol. The number of nitrogens with two attached hydrogens (primary N) is 1. The van der Waals surface area contributed by atoms with Gasteiger partial charge in [-0.1, -0.05) is 6.07 Å². The Balaban J connectivity index is 1.42. The van der Waals surface area contributed by atoms with E-state index in [0.29, 0.717) is 6.04 Å². The molecule has 3 aromatic rings. The smallest absolute Gasteiger partial charge is 0.227 e. The third kappa shape index (κ3) is 3.81. The van der Waals surface area contributed by atoms with Crippen LogP contribution < -0.4 is 16.4 Å². The number of phenolic OH excluding ortho intramolecular Hbond substituents is 1. The lowest BCUT2D eigenvalue weighted by molar-refractivity contribution is -0.132. The number of carbonyl (C=O) groups is 1. The number of nitrogens with zero attached hydrogens (tertiary/aromatic N) is 3. The molecule has 0 radical (unpaired) electrons. The molecule has 1 amide bonds. The molecule has 0 bridgehead atoms. The van der Waals surface area contributed by atoms with Crippen molar-refractivity contribution in [3.63, 3.8) is 0 Å². The van der Waals surface area contributed by atoms with Crippen molar-refractivity contribution in [2.45, 2.75) is 69.2 Å². The van der Waals surface area contributed by atoms with E-state index in [9.17, 15) is 9.90 Å². The summed E-state index contributed by atoms with van der Waals surface area (Å²) in [5, 5.41) is 22.3. The number of carbonyl (C=O) groups excluding carboxylic acids is 1. The van der Waals surface area contributed by atoms with Crippen LogP contribution in [0.25, 0.3) is 0 Å². The van der Waals surface area contributed by atoms with Crippen LogP contribution in [0.15, 0.2) is 48.9 Å². The molecule has 6 unspecified atom stereocenters. The van der Waals surface area contributed by atoms with Crippen molar-refractivity contribution in [3.8, 4) is 5.75 Å². The van der Waals surface area contributed by atoms with Crippen LogP contribution in [0.5, 0.6) is 5.75 Å². The van der Waals surface area contributed by atoms with E-state index in [-0.39, 0.29) is 35.7 Å². The Morgan fingerprint density at radius 3 is 2.60 bits per heavy atom. The average Bonchev–Trinajstić information content (AvgIpc) is 3.60. The minimum atomic E-state index is -0.427. The van der Waals surface area contributed by atoms with Gasteiger partial charge >= 0.3 is 0 Å². The highest BCUT2D eigenvalue weighted by molar-refractivity contribution is 5.82. The minimum Gasteiger partial charge on any atom is -0.508 e. The number of phenols is 1. The summed E-state index contributed by atoms with van der Waals surface area (Å²) < 4.78 is 2.07. The summed E-state index contributed by atoms with van der Waals surface area (Å²) in [6.45, 7) is 3.99. The molecule has 182 valence electrons. The van der Waals surface area contributed by atoms with Crippen LogP contribution in [0.1, 0.15) is 71.3 Å². The number of fused-ring (bicyclic) bond motifs is 1. The SMILES string of the molecule is Cc1ccc(O)c(C)c1C1CC(c2ccn(C3CC3)n2)C2NC(c3ccncc3)NC(=O)C2C1N. The van der Waals surface area contributed by atoms with Gasteiger partial charge in [-0.25, -0.2) is 0 Å². The van der Waals surface area contributed by atoms with Crippen molar-refractivity contribution in [1.29, 1.82) is 0 Å². The zero-order valence-electron chi connectivity index (χ0n) is 20.1. The van der Waals surface area contributed by atoms with Gasteiger partial charge in [0.05, 0.1) is 17.7 Å². The van der Waals surface area contributed by atoms with Gasteiger partial charge in [0.1, 0.15) is 11.9 Å². The fourth-order valence-corrected chi connectivity index (χ4v) is 6.21. The Hall–Kier alpha value is -3.23. The summed E-state index contributed by atoms with van der Waals surface area (Å²) in [4.78, 5) is 17.7. The van der Waals surface area contributed by atoms with E-state index in [1.165, 1.54) is 0 Å². The summed E-state index contributed by atoms with van der Waals surface area (Å²) in [5.41, 5.74) is 11.8. The van der Waals surface area contributed by atoms with Crippen LogP contribution in [-0.4, -0.2) is 37.9 Å². The standard InChI is InChI=1S/C27H32N6O2/c1-14-3-6-21(34)15(2)22(14)19-13-18(20-9-12-33(32-20)17-4-5-17)25-23(24(19)28)27(35)31-26(30-25)16-7-10-29-11-8-16/h3,6-12,17-19,23-26,30,34H,4-5,13,28H2,1-2H3,(H,31,35). The Bertz CT molecular complexity index is 1250. The number of rotatable bonds is 4. The van der Waals surface area contributed by atoms with Crippen molar-refractivity contribution in [1.82, 2.24) is 25.4 Å². The molecule has 1 aliphatic heterocycles. The van der Waals surface area contributed by atoms with Gasteiger partial charge in [0.15, 0.2) is 0 Å². The molecule has 6 rings (SSSR count). The van der Waals surface area contributed by atoms with Gasteiger partial charge < -0.3 is 16.2 Å². The van der Waals surface area contributed by atoms with Crippen LogP contribution in [0.4, 0.5) is 0 Å². The highest BCUT2D eigenvalue weighted by atomic mass is 16.3. The van der Waals surface area contributed by atoms with E-state index in [2.05, 4.69) is 39.5 Å². The first kappa shape index (κ1) is 22.2. The topological polar surface area (TPSA) is 118 Å². The molecular weight excluding hydrogens is 440 g/mol. The molecule has 8 nitrogen and oxygen atoms in total. The average molecular weight is 473 g/mol. The molecule has 3 fully saturated rings. The van der Waals surface area contributed by atoms with E-state index in [1.807, 2.05) is 25.1 Å². The van der Waals surface area contributed by atoms with Crippen LogP contribution in [0.3, 0.4) is 0 Å². The van der Waals surface area contributed by atoms with Gasteiger partial charge in [0.2, 0.25) is 5.91 Å². The first-order valence-corrected chi connectivity index (χ1v) is 12.5. The number of hydrogen-bond acceptors (Lipinski definition) is 6. The van der Waals surface area contributed by atoms with Gasteiger partial charge in [-0.3, -0.25) is 19.8 Å². The van der Waals surface area contributed by atoms with Crippen molar-refractivity contribution < 1.29 is 9.90 Å². The van der Waals surface area contributed by atoms with Crippen LogP contribution in [0.2, 0.25) is 0 Å². The summed E-state index contributed by atoms with van der Waals surface area (Å²) in [6, 6.07) is 9.54.